The first-order valence-electron chi connectivity index (χ1n) is 7.62. The molecule has 1 unspecified atom stereocenters. The number of halogens is 1. The van der Waals surface area contributed by atoms with Gasteiger partial charge in [-0.1, -0.05) is 36.4 Å². The molecular formula is C20H16FNO2. The van der Waals surface area contributed by atoms with Gasteiger partial charge in [0.2, 0.25) is 0 Å². The second-order valence-corrected chi connectivity index (χ2v) is 5.39. The number of benzene rings is 2. The average molecular weight is 321 g/mol. The number of rotatable bonds is 4. The molecule has 0 saturated carbocycles. The number of pyridine rings is 1. The second-order valence-electron chi connectivity index (χ2n) is 5.39. The lowest BCUT2D eigenvalue weighted by atomic mass is 10.1. The molecule has 0 aliphatic heterocycles. The van der Waals surface area contributed by atoms with E-state index in [1.54, 1.807) is 25.1 Å². The van der Waals surface area contributed by atoms with Crippen LogP contribution in [0.4, 0.5) is 4.39 Å². The van der Waals surface area contributed by atoms with E-state index in [-0.39, 0.29) is 5.82 Å². The highest BCUT2D eigenvalue weighted by Crippen LogP contribution is 2.18. The number of nitrogens with zero attached hydrogens (tertiary/aromatic N) is 1. The maximum atomic E-state index is 12.9. The van der Waals surface area contributed by atoms with Crippen molar-refractivity contribution in [2.24, 2.45) is 0 Å². The number of aromatic nitrogens is 1. The summed E-state index contributed by atoms with van der Waals surface area (Å²) in [6, 6.07) is 17.4. The van der Waals surface area contributed by atoms with Crippen LogP contribution in [0.3, 0.4) is 0 Å². The Morgan fingerprint density at radius 2 is 1.83 bits per heavy atom. The quantitative estimate of drug-likeness (QED) is 0.517. The van der Waals surface area contributed by atoms with Crippen molar-refractivity contribution in [1.82, 2.24) is 4.98 Å². The van der Waals surface area contributed by atoms with Gasteiger partial charge in [-0.05, 0) is 42.8 Å². The summed E-state index contributed by atoms with van der Waals surface area (Å²) in [5, 5.41) is 1.04. The van der Waals surface area contributed by atoms with Crippen LogP contribution in [0.5, 0.6) is 0 Å². The molecule has 0 spiro atoms. The van der Waals surface area contributed by atoms with E-state index in [1.807, 2.05) is 36.4 Å². The molecule has 1 atom stereocenters. The van der Waals surface area contributed by atoms with Crippen molar-refractivity contribution in [2.75, 3.05) is 0 Å². The first kappa shape index (κ1) is 15.9. The van der Waals surface area contributed by atoms with Gasteiger partial charge in [-0.3, -0.25) is 0 Å². The van der Waals surface area contributed by atoms with Gasteiger partial charge in [0.15, 0.2) is 0 Å². The van der Waals surface area contributed by atoms with Crippen LogP contribution in [0.2, 0.25) is 0 Å². The summed E-state index contributed by atoms with van der Waals surface area (Å²) < 4.78 is 18.2. The van der Waals surface area contributed by atoms with Crippen LogP contribution in [0.25, 0.3) is 17.0 Å². The Balaban J connectivity index is 1.66. The summed E-state index contributed by atoms with van der Waals surface area (Å²) in [7, 11) is 0. The first-order chi connectivity index (χ1) is 11.6. The summed E-state index contributed by atoms with van der Waals surface area (Å²) in [6.45, 7) is 1.74. The van der Waals surface area contributed by atoms with E-state index in [2.05, 4.69) is 4.98 Å². The smallest absolute Gasteiger partial charge is 0.331 e. The monoisotopic (exact) mass is 321 g/mol. The van der Waals surface area contributed by atoms with Crippen LogP contribution < -0.4 is 0 Å². The van der Waals surface area contributed by atoms with Crippen molar-refractivity contribution < 1.29 is 13.9 Å². The van der Waals surface area contributed by atoms with Gasteiger partial charge in [0.1, 0.15) is 11.9 Å². The fraction of sp³-hybridized carbons (Fsp3) is 0.100. The highest BCUT2D eigenvalue weighted by atomic mass is 19.1. The van der Waals surface area contributed by atoms with E-state index >= 15 is 0 Å². The van der Waals surface area contributed by atoms with Crippen molar-refractivity contribution in [1.29, 1.82) is 0 Å². The molecule has 24 heavy (non-hydrogen) atoms. The van der Waals surface area contributed by atoms with Gasteiger partial charge in [0.25, 0.3) is 0 Å². The molecule has 3 rings (SSSR count). The zero-order chi connectivity index (χ0) is 16.9. The summed E-state index contributed by atoms with van der Waals surface area (Å²) in [6.07, 6.45) is 2.51. The zero-order valence-corrected chi connectivity index (χ0v) is 13.1. The number of para-hydroxylation sites is 1. The molecule has 2 aromatic carbocycles. The minimum Gasteiger partial charge on any atom is -0.455 e. The van der Waals surface area contributed by atoms with E-state index in [0.29, 0.717) is 5.69 Å². The molecule has 1 heterocycles. The molecule has 0 aliphatic rings. The molecule has 0 bridgehead atoms. The Labute approximate surface area is 139 Å². The van der Waals surface area contributed by atoms with Crippen molar-refractivity contribution in [3.8, 4) is 0 Å². The maximum absolute atomic E-state index is 12.9. The Morgan fingerprint density at radius 3 is 2.62 bits per heavy atom. The van der Waals surface area contributed by atoms with E-state index < -0.39 is 12.1 Å². The molecule has 1 aromatic heterocycles. The normalized spacial score (nSPS) is 12.4. The standard InChI is InChI=1S/C20H16FNO2/c1-14(15-6-9-17(21)10-7-15)24-20(23)13-12-18-11-8-16-4-2-3-5-19(16)22-18/h2-14H,1H3/b13-12+. The summed E-state index contributed by atoms with van der Waals surface area (Å²) in [5.74, 6) is -0.790. The molecule has 0 fully saturated rings. The van der Waals surface area contributed by atoms with Gasteiger partial charge in [-0.25, -0.2) is 14.2 Å². The molecule has 0 aliphatic carbocycles. The van der Waals surface area contributed by atoms with Gasteiger partial charge in [-0.15, -0.1) is 0 Å². The first-order valence-corrected chi connectivity index (χ1v) is 7.62. The third-order valence-corrected chi connectivity index (χ3v) is 3.64. The van der Waals surface area contributed by atoms with Gasteiger partial charge in [0, 0.05) is 11.5 Å². The Morgan fingerprint density at radius 1 is 1.08 bits per heavy atom. The van der Waals surface area contributed by atoms with Crippen molar-refractivity contribution >= 4 is 22.9 Å². The Kier molecular flexibility index (Phi) is 4.66. The van der Waals surface area contributed by atoms with Crippen LogP contribution in [-0.2, 0) is 9.53 Å². The highest BCUT2D eigenvalue weighted by Gasteiger charge is 2.09. The Hall–Kier alpha value is -3.01. The van der Waals surface area contributed by atoms with E-state index in [9.17, 15) is 9.18 Å². The number of hydrogen-bond acceptors (Lipinski definition) is 3. The lowest BCUT2D eigenvalue weighted by molar-refractivity contribution is -0.142. The van der Waals surface area contributed by atoms with Gasteiger partial charge < -0.3 is 4.74 Å². The molecule has 3 aromatic rings. The van der Waals surface area contributed by atoms with E-state index in [0.717, 1.165) is 16.5 Å². The summed E-state index contributed by atoms with van der Waals surface area (Å²) >= 11 is 0. The third kappa shape index (κ3) is 3.84. The lowest BCUT2D eigenvalue weighted by Gasteiger charge is -2.11. The average Bonchev–Trinajstić information content (AvgIpc) is 2.60. The molecular weight excluding hydrogens is 305 g/mol. The van der Waals surface area contributed by atoms with Crippen molar-refractivity contribution in [3.05, 3.63) is 83.8 Å². The maximum Gasteiger partial charge on any atom is 0.331 e. The minimum atomic E-state index is -0.471. The van der Waals surface area contributed by atoms with Crippen LogP contribution in [-0.4, -0.2) is 11.0 Å². The molecule has 0 saturated heterocycles. The number of fused-ring (bicyclic) bond motifs is 1. The second kappa shape index (κ2) is 7.04. The third-order valence-electron chi connectivity index (χ3n) is 3.64. The van der Waals surface area contributed by atoms with Crippen LogP contribution in [0.1, 0.15) is 24.3 Å². The minimum absolute atomic E-state index is 0.320. The predicted octanol–water partition coefficient (Wildman–Crippen LogP) is 4.69. The molecule has 3 nitrogen and oxygen atoms in total. The number of hydrogen-bond donors (Lipinski definition) is 0. The fourth-order valence-electron chi connectivity index (χ4n) is 2.34. The van der Waals surface area contributed by atoms with Gasteiger partial charge in [-0.2, -0.15) is 0 Å². The van der Waals surface area contributed by atoms with Crippen molar-refractivity contribution in [2.45, 2.75) is 13.0 Å². The molecule has 4 heteroatoms. The van der Waals surface area contributed by atoms with E-state index in [4.69, 9.17) is 4.74 Å². The topological polar surface area (TPSA) is 39.2 Å². The fourth-order valence-corrected chi connectivity index (χ4v) is 2.34. The van der Waals surface area contributed by atoms with Crippen LogP contribution >= 0.6 is 0 Å². The Bertz CT molecular complexity index is 888. The summed E-state index contributed by atoms with van der Waals surface area (Å²) in [4.78, 5) is 16.4. The number of carbonyl (C=O) groups is 1. The molecule has 0 N–H and O–H groups in total. The van der Waals surface area contributed by atoms with Crippen LogP contribution in [0.15, 0.2) is 66.7 Å². The van der Waals surface area contributed by atoms with Crippen LogP contribution in [0, 0.1) is 5.82 Å². The lowest BCUT2D eigenvalue weighted by Crippen LogP contribution is -2.06. The van der Waals surface area contributed by atoms with Gasteiger partial charge in [0.05, 0.1) is 11.2 Å². The largest absolute Gasteiger partial charge is 0.455 e. The SMILES string of the molecule is CC(OC(=O)/C=C/c1ccc2ccccc2n1)c1ccc(F)cc1. The van der Waals surface area contributed by atoms with Gasteiger partial charge >= 0.3 is 5.97 Å². The number of carbonyl (C=O) groups excluding carboxylic acids is 1. The molecule has 120 valence electrons. The number of esters is 1. The van der Waals surface area contributed by atoms with Crippen molar-refractivity contribution in [3.63, 3.8) is 0 Å². The predicted molar refractivity (Wildman–Crippen MR) is 91.7 cm³/mol. The van der Waals surface area contributed by atoms with E-state index in [1.165, 1.54) is 18.2 Å². The molecule has 0 amide bonds. The highest BCUT2D eigenvalue weighted by molar-refractivity contribution is 5.87. The molecule has 0 radical (unpaired) electrons. The zero-order valence-electron chi connectivity index (χ0n) is 13.1. The summed E-state index contributed by atoms with van der Waals surface area (Å²) in [5.41, 5.74) is 2.29. The number of ether oxygens (including phenoxy) is 1.